The second kappa shape index (κ2) is 3.76. The lowest BCUT2D eigenvalue weighted by molar-refractivity contribution is -0.0471. The molecule has 0 aliphatic carbocycles. The van der Waals surface area contributed by atoms with Crippen LogP contribution in [-0.4, -0.2) is 5.11 Å². The Kier molecular flexibility index (Phi) is 3.13. The second-order valence-electron chi connectivity index (χ2n) is 4.95. The van der Waals surface area contributed by atoms with E-state index in [4.69, 9.17) is 11.6 Å². The molecule has 0 saturated carbocycles. The molecule has 0 bridgehead atoms. The Balaban J connectivity index is 3.32. The number of benzene rings is 1. The first kappa shape index (κ1) is 12.5. The quantitative estimate of drug-likeness (QED) is 0.780. The molecule has 0 heterocycles. The van der Waals surface area contributed by atoms with Gasteiger partial charge in [-0.25, -0.2) is 4.39 Å². The third kappa shape index (κ3) is 2.32. The third-order valence-corrected chi connectivity index (χ3v) is 3.24. The van der Waals surface area contributed by atoms with Gasteiger partial charge in [-0.2, -0.15) is 0 Å². The van der Waals surface area contributed by atoms with Crippen LogP contribution >= 0.6 is 11.6 Å². The zero-order valence-corrected chi connectivity index (χ0v) is 10.2. The van der Waals surface area contributed by atoms with Crippen molar-refractivity contribution in [2.75, 3.05) is 0 Å². The Morgan fingerprint density at radius 3 is 2.20 bits per heavy atom. The molecule has 0 aliphatic heterocycles. The Labute approximate surface area is 94.9 Å². The monoisotopic (exact) mass is 230 g/mol. The molecule has 1 unspecified atom stereocenters. The largest absolute Gasteiger partial charge is 0.385 e. The van der Waals surface area contributed by atoms with E-state index in [9.17, 15) is 9.50 Å². The van der Waals surface area contributed by atoms with E-state index in [0.29, 0.717) is 10.6 Å². The molecule has 0 aliphatic rings. The summed E-state index contributed by atoms with van der Waals surface area (Å²) in [5, 5.41) is 10.8. The molecular weight excluding hydrogens is 215 g/mol. The van der Waals surface area contributed by atoms with E-state index < -0.39 is 11.0 Å². The lowest BCUT2D eigenvalue weighted by Gasteiger charge is -2.38. The van der Waals surface area contributed by atoms with E-state index in [1.165, 1.54) is 18.2 Å². The van der Waals surface area contributed by atoms with Gasteiger partial charge in [-0.05, 0) is 30.5 Å². The van der Waals surface area contributed by atoms with Crippen molar-refractivity contribution in [2.24, 2.45) is 5.41 Å². The molecule has 1 rings (SSSR count). The van der Waals surface area contributed by atoms with Crippen LogP contribution in [-0.2, 0) is 5.60 Å². The van der Waals surface area contributed by atoms with Crippen LogP contribution in [0.3, 0.4) is 0 Å². The minimum absolute atomic E-state index is 0.385. The minimum Gasteiger partial charge on any atom is -0.385 e. The first-order chi connectivity index (χ1) is 6.66. The first-order valence-corrected chi connectivity index (χ1v) is 5.22. The molecule has 1 nitrogen and oxygen atoms in total. The highest BCUT2D eigenvalue weighted by Gasteiger charge is 2.38. The van der Waals surface area contributed by atoms with Crippen molar-refractivity contribution in [3.63, 3.8) is 0 Å². The van der Waals surface area contributed by atoms with Gasteiger partial charge in [0.05, 0.1) is 5.60 Å². The number of hydrogen-bond donors (Lipinski definition) is 1. The fourth-order valence-electron chi connectivity index (χ4n) is 1.27. The van der Waals surface area contributed by atoms with Crippen molar-refractivity contribution in [1.29, 1.82) is 0 Å². The van der Waals surface area contributed by atoms with Crippen LogP contribution in [0, 0.1) is 11.2 Å². The lowest BCUT2D eigenvalue weighted by atomic mass is 9.73. The molecule has 0 saturated heterocycles. The average molecular weight is 231 g/mol. The number of rotatable bonds is 1. The summed E-state index contributed by atoms with van der Waals surface area (Å²) >= 11 is 5.96. The van der Waals surface area contributed by atoms with Crippen molar-refractivity contribution in [3.05, 3.63) is 34.6 Å². The van der Waals surface area contributed by atoms with E-state index in [0.717, 1.165) is 0 Å². The summed E-state index contributed by atoms with van der Waals surface area (Å²) in [5.41, 5.74) is -1.15. The van der Waals surface area contributed by atoms with Gasteiger partial charge in [-0.1, -0.05) is 32.4 Å². The molecule has 0 amide bonds. The fourth-order valence-corrected chi connectivity index (χ4v) is 1.58. The van der Waals surface area contributed by atoms with Crippen molar-refractivity contribution < 1.29 is 9.50 Å². The van der Waals surface area contributed by atoms with E-state index in [1.807, 2.05) is 20.8 Å². The lowest BCUT2D eigenvalue weighted by Crippen LogP contribution is -2.37. The van der Waals surface area contributed by atoms with Crippen LogP contribution in [0.1, 0.15) is 33.3 Å². The molecule has 1 atom stereocenters. The summed E-state index contributed by atoms with van der Waals surface area (Å²) < 4.78 is 13.1. The maximum atomic E-state index is 13.1. The zero-order valence-electron chi connectivity index (χ0n) is 9.44. The normalized spacial score (nSPS) is 16.2. The Hall–Kier alpha value is -0.600. The summed E-state index contributed by atoms with van der Waals surface area (Å²) in [5.74, 6) is -0.390. The highest BCUT2D eigenvalue weighted by Crippen LogP contribution is 2.41. The van der Waals surface area contributed by atoms with Gasteiger partial charge in [0, 0.05) is 10.6 Å². The van der Waals surface area contributed by atoms with Crippen molar-refractivity contribution in [3.8, 4) is 0 Å². The van der Waals surface area contributed by atoms with Crippen LogP contribution in [0.4, 0.5) is 4.39 Å². The summed E-state index contributed by atoms with van der Waals surface area (Å²) in [7, 11) is 0. The predicted molar refractivity (Wildman–Crippen MR) is 60.4 cm³/mol. The standard InChI is InChI=1S/C12H16ClFO/c1-11(2,3)12(4,15)9-7-8(14)5-6-10(9)13/h5-7,15H,1-4H3. The van der Waals surface area contributed by atoms with Crippen LogP contribution in [0.15, 0.2) is 18.2 Å². The molecule has 15 heavy (non-hydrogen) atoms. The Morgan fingerprint density at radius 1 is 1.20 bits per heavy atom. The SMILES string of the molecule is CC(C)(C)C(C)(O)c1cc(F)ccc1Cl. The van der Waals surface area contributed by atoms with Crippen LogP contribution in [0.25, 0.3) is 0 Å². The molecule has 1 aromatic carbocycles. The van der Waals surface area contributed by atoms with Crippen LogP contribution in [0.2, 0.25) is 5.02 Å². The molecule has 0 spiro atoms. The number of hydrogen-bond acceptors (Lipinski definition) is 1. The van der Waals surface area contributed by atoms with Gasteiger partial charge < -0.3 is 5.11 Å². The van der Waals surface area contributed by atoms with E-state index >= 15 is 0 Å². The van der Waals surface area contributed by atoms with E-state index in [1.54, 1.807) is 6.92 Å². The van der Waals surface area contributed by atoms with E-state index in [2.05, 4.69) is 0 Å². The summed E-state index contributed by atoms with van der Waals surface area (Å²) in [6, 6.07) is 4.03. The predicted octanol–water partition coefficient (Wildman–Crippen LogP) is 3.73. The summed E-state index contributed by atoms with van der Waals surface area (Å²) in [4.78, 5) is 0. The molecule has 0 radical (unpaired) electrons. The molecule has 1 N–H and O–H groups in total. The molecule has 0 fully saturated rings. The zero-order chi connectivity index (χ0) is 11.9. The molecular formula is C12H16ClFO. The molecule has 1 aromatic rings. The van der Waals surface area contributed by atoms with Gasteiger partial charge in [0.1, 0.15) is 5.82 Å². The van der Waals surface area contributed by atoms with Crippen molar-refractivity contribution in [1.82, 2.24) is 0 Å². The topological polar surface area (TPSA) is 20.2 Å². The smallest absolute Gasteiger partial charge is 0.123 e. The first-order valence-electron chi connectivity index (χ1n) is 4.84. The van der Waals surface area contributed by atoms with Crippen LogP contribution in [0.5, 0.6) is 0 Å². The molecule has 3 heteroatoms. The highest BCUT2D eigenvalue weighted by atomic mass is 35.5. The van der Waals surface area contributed by atoms with Gasteiger partial charge in [0.25, 0.3) is 0 Å². The Morgan fingerprint density at radius 2 is 1.73 bits per heavy atom. The van der Waals surface area contributed by atoms with Gasteiger partial charge in [0.2, 0.25) is 0 Å². The fraction of sp³-hybridized carbons (Fsp3) is 0.500. The van der Waals surface area contributed by atoms with Gasteiger partial charge in [0.15, 0.2) is 0 Å². The van der Waals surface area contributed by atoms with E-state index in [-0.39, 0.29) is 5.82 Å². The average Bonchev–Trinajstić information content (AvgIpc) is 2.07. The minimum atomic E-state index is -1.16. The number of aliphatic hydroxyl groups is 1. The second-order valence-corrected chi connectivity index (χ2v) is 5.35. The number of halogens is 2. The van der Waals surface area contributed by atoms with Gasteiger partial charge in [-0.3, -0.25) is 0 Å². The molecule has 84 valence electrons. The van der Waals surface area contributed by atoms with Crippen LogP contribution < -0.4 is 0 Å². The Bertz CT molecular complexity index is 366. The molecule has 0 aromatic heterocycles. The third-order valence-electron chi connectivity index (χ3n) is 2.91. The summed E-state index contributed by atoms with van der Waals surface area (Å²) in [6.07, 6.45) is 0. The van der Waals surface area contributed by atoms with Gasteiger partial charge in [-0.15, -0.1) is 0 Å². The van der Waals surface area contributed by atoms with Gasteiger partial charge >= 0.3 is 0 Å². The highest BCUT2D eigenvalue weighted by molar-refractivity contribution is 6.31. The maximum absolute atomic E-state index is 13.1. The maximum Gasteiger partial charge on any atom is 0.123 e. The summed E-state index contributed by atoms with van der Waals surface area (Å²) in [6.45, 7) is 7.30. The van der Waals surface area contributed by atoms with Crippen molar-refractivity contribution >= 4 is 11.6 Å². The van der Waals surface area contributed by atoms with Crippen molar-refractivity contribution in [2.45, 2.75) is 33.3 Å².